The number of esters is 1. The van der Waals surface area contributed by atoms with Crippen molar-refractivity contribution in [1.82, 2.24) is 0 Å². The first-order valence-corrected chi connectivity index (χ1v) is 5.48. The van der Waals surface area contributed by atoms with Crippen molar-refractivity contribution in [3.8, 4) is 0 Å². The fourth-order valence-electron chi connectivity index (χ4n) is 0.963. The molecule has 10 heteroatoms. The second-order valence-corrected chi connectivity index (χ2v) is 4.41. The summed E-state index contributed by atoms with van der Waals surface area (Å²) in [4.78, 5) is 11.0. The first-order chi connectivity index (χ1) is 7.69. The van der Waals surface area contributed by atoms with Crippen molar-refractivity contribution in [3.63, 3.8) is 0 Å². The predicted octanol–water partition coefficient (Wildman–Crippen LogP) is 0.310. The number of carbonyl (C=O) groups excluding carboxylic acids is 1. The van der Waals surface area contributed by atoms with Crippen LogP contribution in [0.15, 0.2) is 11.3 Å². The van der Waals surface area contributed by atoms with Gasteiger partial charge in [0, 0.05) is 0 Å². The van der Waals surface area contributed by atoms with Gasteiger partial charge in [0.15, 0.2) is 5.76 Å². The van der Waals surface area contributed by atoms with E-state index in [0.29, 0.717) is 0 Å². The molecule has 0 aliphatic carbocycles. The Morgan fingerprint density at radius 3 is 2.41 bits per heavy atom. The van der Waals surface area contributed by atoms with Crippen LogP contribution in [0.1, 0.15) is 0 Å². The summed E-state index contributed by atoms with van der Waals surface area (Å²) >= 11 is 0. The first-order valence-electron chi connectivity index (χ1n) is 4.08. The number of rotatable bonds is 3. The van der Waals surface area contributed by atoms with Gasteiger partial charge in [0.2, 0.25) is 0 Å². The molecule has 0 aromatic heterocycles. The van der Waals surface area contributed by atoms with Gasteiger partial charge in [-0.3, -0.25) is 0 Å². The molecular formula is C7H7F3O6S. The minimum atomic E-state index is -5.80. The summed E-state index contributed by atoms with van der Waals surface area (Å²) in [5, 5.41) is 0. The second-order valence-electron chi connectivity index (χ2n) is 2.87. The fraction of sp³-hybridized carbons (Fsp3) is 0.571. The highest BCUT2D eigenvalue weighted by Crippen LogP contribution is 2.29. The molecular weight excluding hydrogens is 269 g/mol. The van der Waals surface area contributed by atoms with Gasteiger partial charge in [-0.2, -0.15) is 21.6 Å². The topological polar surface area (TPSA) is 78.9 Å². The van der Waals surface area contributed by atoms with E-state index in [-0.39, 0.29) is 12.2 Å². The van der Waals surface area contributed by atoms with Gasteiger partial charge in [-0.15, -0.1) is 0 Å². The highest BCUT2D eigenvalue weighted by atomic mass is 32.2. The zero-order chi connectivity index (χ0) is 13.3. The molecule has 0 saturated carbocycles. The maximum Gasteiger partial charge on any atom is 0.534 e. The van der Waals surface area contributed by atoms with Gasteiger partial charge in [0.05, 0.1) is 13.7 Å². The summed E-state index contributed by atoms with van der Waals surface area (Å²) in [5.74, 6) is -1.72. The average Bonchev–Trinajstić information content (AvgIpc) is 2.62. The normalized spacial score (nSPS) is 17.2. The Bertz CT molecular complexity index is 449. The van der Waals surface area contributed by atoms with Gasteiger partial charge in [-0.25, -0.2) is 4.79 Å². The SMILES string of the molecule is COC(=O)C1=C(OS(=O)(=O)C(F)(F)F)COC1. The largest absolute Gasteiger partial charge is 0.534 e. The lowest BCUT2D eigenvalue weighted by Crippen LogP contribution is -2.26. The molecule has 1 rings (SSSR count). The number of hydrogen-bond donors (Lipinski definition) is 0. The van der Waals surface area contributed by atoms with Gasteiger partial charge < -0.3 is 13.7 Å². The van der Waals surface area contributed by atoms with E-state index in [4.69, 9.17) is 0 Å². The Hall–Kier alpha value is -1.29. The van der Waals surface area contributed by atoms with Gasteiger partial charge in [0.1, 0.15) is 12.2 Å². The molecule has 0 spiro atoms. The van der Waals surface area contributed by atoms with Crippen LogP contribution in [-0.2, 0) is 28.6 Å². The van der Waals surface area contributed by atoms with Crippen LogP contribution in [0, 0.1) is 0 Å². The van der Waals surface area contributed by atoms with E-state index in [0.717, 1.165) is 7.11 Å². The van der Waals surface area contributed by atoms with Gasteiger partial charge in [0.25, 0.3) is 0 Å². The Morgan fingerprint density at radius 1 is 1.35 bits per heavy atom. The minimum Gasteiger partial charge on any atom is -0.465 e. The lowest BCUT2D eigenvalue weighted by Gasteiger charge is -2.10. The second kappa shape index (κ2) is 4.53. The molecule has 0 saturated heterocycles. The van der Waals surface area contributed by atoms with Crippen LogP contribution in [-0.4, -0.2) is 40.2 Å². The van der Waals surface area contributed by atoms with Crippen molar-refractivity contribution in [2.45, 2.75) is 5.51 Å². The predicted molar refractivity (Wildman–Crippen MR) is 45.9 cm³/mol. The average molecular weight is 276 g/mol. The van der Waals surface area contributed by atoms with Crippen LogP contribution in [0.4, 0.5) is 13.2 Å². The van der Waals surface area contributed by atoms with E-state index in [2.05, 4.69) is 13.7 Å². The van der Waals surface area contributed by atoms with E-state index in [9.17, 15) is 26.4 Å². The van der Waals surface area contributed by atoms with Crippen molar-refractivity contribution in [3.05, 3.63) is 11.3 Å². The molecule has 1 aliphatic heterocycles. The van der Waals surface area contributed by atoms with Crippen molar-refractivity contribution in [1.29, 1.82) is 0 Å². The standard InChI is InChI=1S/C7H7F3O6S/c1-14-6(11)4-2-15-3-5(4)16-17(12,13)7(8,9)10/h2-3H2,1H3. The van der Waals surface area contributed by atoms with Crippen molar-refractivity contribution in [2.24, 2.45) is 0 Å². The van der Waals surface area contributed by atoms with E-state index >= 15 is 0 Å². The molecule has 0 atom stereocenters. The molecule has 0 amide bonds. The van der Waals surface area contributed by atoms with Gasteiger partial charge >= 0.3 is 21.6 Å². The van der Waals surface area contributed by atoms with Crippen molar-refractivity contribution >= 4 is 16.1 Å². The van der Waals surface area contributed by atoms with Crippen LogP contribution in [0.2, 0.25) is 0 Å². The third-order valence-corrected chi connectivity index (χ3v) is 2.73. The molecule has 98 valence electrons. The number of hydrogen-bond acceptors (Lipinski definition) is 6. The van der Waals surface area contributed by atoms with Gasteiger partial charge in [-0.1, -0.05) is 0 Å². The molecule has 0 fully saturated rings. The molecule has 0 unspecified atom stereocenters. The third-order valence-electron chi connectivity index (χ3n) is 1.74. The highest BCUT2D eigenvalue weighted by Gasteiger charge is 2.49. The Kier molecular flexibility index (Phi) is 3.67. The monoisotopic (exact) mass is 276 g/mol. The van der Waals surface area contributed by atoms with Gasteiger partial charge in [-0.05, 0) is 0 Å². The van der Waals surface area contributed by atoms with Crippen LogP contribution in [0.5, 0.6) is 0 Å². The van der Waals surface area contributed by atoms with Crippen LogP contribution >= 0.6 is 0 Å². The lowest BCUT2D eigenvalue weighted by molar-refractivity contribution is -0.136. The Balaban J connectivity index is 2.99. The molecule has 0 radical (unpaired) electrons. The molecule has 6 nitrogen and oxygen atoms in total. The molecule has 0 N–H and O–H groups in total. The molecule has 1 aliphatic rings. The number of alkyl halides is 3. The summed E-state index contributed by atoms with van der Waals surface area (Å²) in [6, 6.07) is 0. The van der Waals surface area contributed by atoms with E-state index in [1.165, 1.54) is 0 Å². The quantitative estimate of drug-likeness (QED) is 0.419. The maximum atomic E-state index is 12.0. The molecule has 1 heterocycles. The summed E-state index contributed by atoms with van der Waals surface area (Å²) in [6.45, 7) is -0.908. The molecule has 0 aromatic rings. The summed E-state index contributed by atoms with van der Waals surface area (Å²) in [7, 11) is -4.81. The number of ether oxygens (including phenoxy) is 2. The van der Waals surface area contributed by atoms with Crippen LogP contribution in [0.3, 0.4) is 0 Å². The van der Waals surface area contributed by atoms with E-state index in [1.54, 1.807) is 0 Å². The zero-order valence-corrected chi connectivity index (χ0v) is 9.22. The van der Waals surface area contributed by atoms with E-state index < -0.39 is 34.0 Å². The minimum absolute atomic E-state index is 0.366. The molecule has 17 heavy (non-hydrogen) atoms. The third kappa shape index (κ3) is 2.88. The number of carbonyl (C=O) groups is 1. The van der Waals surface area contributed by atoms with Crippen molar-refractivity contribution in [2.75, 3.05) is 20.3 Å². The first kappa shape index (κ1) is 13.8. The highest BCUT2D eigenvalue weighted by molar-refractivity contribution is 7.87. The fourth-order valence-corrected chi connectivity index (χ4v) is 1.47. The van der Waals surface area contributed by atoms with Crippen LogP contribution in [0.25, 0.3) is 0 Å². The number of halogens is 3. The van der Waals surface area contributed by atoms with Crippen molar-refractivity contribution < 1.29 is 40.0 Å². The summed E-state index contributed by atoms with van der Waals surface area (Å²) in [5.41, 5.74) is -5.95. The Labute approximate surface area is 94.1 Å². The Morgan fingerprint density at radius 2 is 1.94 bits per heavy atom. The maximum absolute atomic E-state index is 12.0. The molecule has 0 aromatic carbocycles. The number of methoxy groups -OCH3 is 1. The van der Waals surface area contributed by atoms with E-state index in [1.807, 2.05) is 0 Å². The smallest absolute Gasteiger partial charge is 0.465 e. The van der Waals surface area contributed by atoms with Crippen LogP contribution < -0.4 is 0 Å². The summed E-state index contributed by atoms with van der Waals surface area (Å²) < 4.78 is 70.0. The zero-order valence-electron chi connectivity index (χ0n) is 8.41. The molecule has 0 bridgehead atoms. The summed E-state index contributed by atoms with van der Waals surface area (Å²) in [6.07, 6.45) is 0. The lowest BCUT2D eigenvalue weighted by atomic mass is 10.3.